The van der Waals surface area contributed by atoms with Crippen LogP contribution >= 0.6 is 0 Å². The summed E-state index contributed by atoms with van der Waals surface area (Å²) in [6, 6.07) is 13.2. The van der Waals surface area contributed by atoms with E-state index in [0.717, 1.165) is 35.4 Å². The molecule has 0 bridgehead atoms. The number of hydrogen-bond donors (Lipinski definition) is 1. The van der Waals surface area contributed by atoms with Crippen molar-refractivity contribution in [2.45, 2.75) is 45.1 Å². The molecule has 0 saturated heterocycles. The van der Waals surface area contributed by atoms with Gasteiger partial charge in [-0.15, -0.1) is 0 Å². The summed E-state index contributed by atoms with van der Waals surface area (Å²) in [5.41, 5.74) is 1.81. The zero-order chi connectivity index (χ0) is 17.8. The predicted molar refractivity (Wildman–Crippen MR) is 106 cm³/mol. The first-order valence-electron chi connectivity index (χ1n) is 9.49. The quantitative estimate of drug-likeness (QED) is 0.712. The van der Waals surface area contributed by atoms with Crippen molar-refractivity contribution in [3.8, 4) is 5.75 Å². The van der Waals surface area contributed by atoms with Crippen LogP contribution in [0, 0.1) is 11.3 Å². The molecule has 0 heterocycles. The summed E-state index contributed by atoms with van der Waals surface area (Å²) in [5, 5.41) is 11.1. The van der Waals surface area contributed by atoms with Gasteiger partial charge in [-0.2, -0.15) is 0 Å². The van der Waals surface area contributed by atoms with Crippen LogP contribution in [0.3, 0.4) is 0 Å². The summed E-state index contributed by atoms with van der Waals surface area (Å²) >= 11 is 0. The normalized spacial score (nSPS) is 16.5. The lowest BCUT2D eigenvalue weighted by Gasteiger charge is -2.29. The van der Waals surface area contributed by atoms with Crippen molar-refractivity contribution in [3.63, 3.8) is 0 Å². The lowest BCUT2D eigenvalue weighted by molar-refractivity contribution is 0.226. The molecule has 0 aromatic heterocycles. The molecular formula is C22H30N2O. The minimum atomic E-state index is 0.293. The number of nitrogens with one attached hydrogen (secondary N) is 1. The third-order valence-electron chi connectivity index (χ3n) is 5.72. The summed E-state index contributed by atoms with van der Waals surface area (Å²) in [6.45, 7) is 3.19. The molecule has 1 unspecified atom stereocenters. The summed E-state index contributed by atoms with van der Waals surface area (Å²) in [7, 11) is 3.93. The number of fused-ring (bicyclic) bond motifs is 1. The first-order chi connectivity index (χ1) is 12.1. The molecule has 3 rings (SSSR count). The second-order valence-corrected chi connectivity index (χ2v) is 7.32. The van der Waals surface area contributed by atoms with Gasteiger partial charge in [-0.3, -0.25) is 0 Å². The molecule has 1 atom stereocenters. The van der Waals surface area contributed by atoms with Crippen LogP contribution in [0.2, 0.25) is 0 Å². The molecule has 1 aliphatic carbocycles. The molecule has 1 fully saturated rings. The molecule has 3 nitrogen and oxygen atoms in total. The van der Waals surface area contributed by atoms with Crippen molar-refractivity contribution in [2.75, 3.05) is 20.7 Å². The molecule has 2 aromatic carbocycles. The van der Waals surface area contributed by atoms with Gasteiger partial charge in [-0.1, -0.05) is 38.0 Å². The minimum Gasteiger partial charge on any atom is -0.497 e. The fourth-order valence-electron chi connectivity index (χ4n) is 4.02. The second-order valence-electron chi connectivity index (χ2n) is 7.32. The Hall–Kier alpha value is -1.87. The van der Waals surface area contributed by atoms with E-state index in [9.17, 15) is 0 Å². The van der Waals surface area contributed by atoms with E-state index in [1.54, 1.807) is 7.11 Å². The maximum Gasteiger partial charge on any atom is 0.119 e. The van der Waals surface area contributed by atoms with E-state index in [4.69, 9.17) is 10.1 Å². The van der Waals surface area contributed by atoms with Gasteiger partial charge in [-0.25, -0.2) is 0 Å². The second kappa shape index (κ2) is 8.01. The van der Waals surface area contributed by atoms with Crippen molar-refractivity contribution in [1.29, 1.82) is 5.41 Å². The largest absolute Gasteiger partial charge is 0.497 e. The Morgan fingerprint density at radius 3 is 2.52 bits per heavy atom. The Labute approximate surface area is 151 Å². The van der Waals surface area contributed by atoms with Gasteiger partial charge in [-0.05, 0) is 60.8 Å². The van der Waals surface area contributed by atoms with Crippen LogP contribution in [0.5, 0.6) is 5.75 Å². The number of methoxy groups -OCH3 is 1. The van der Waals surface area contributed by atoms with Crippen molar-refractivity contribution in [2.24, 2.45) is 5.92 Å². The van der Waals surface area contributed by atoms with E-state index in [1.807, 2.05) is 12.1 Å². The highest BCUT2D eigenvalue weighted by atomic mass is 16.5. The van der Waals surface area contributed by atoms with Crippen LogP contribution in [0.1, 0.15) is 44.6 Å². The molecule has 1 N–H and O–H groups in total. The van der Waals surface area contributed by atoms with Crippen molar-refractivity contribution >= 4 is 16.5 Å². The van der Waals surface area contributed by atoms with Gasteiger partial charge in [0.25, 0.3) is 0 Å². The summed E-state index contributed by atoms with van der Waals surface area (Å²) in [5.74, 6) is 1.17. The van der Waals surface area contributed by atoms with E-state index in [0.29, 0.717) is 12.0 Å². The number of nitrogens with zero attached hydrogens (tertiary/aromatic N) is 1. The van der Waals surface area contributed by atoms with Gasteiger partial charge >= 0.3 is 0 Å². The third kappa shape index (κ3) is 4.04. The Balaban J connectivity index is 1.76. The smallest absolute Gasteiger partial charge is 0.119 e. The first kappa shape index (κ1) is 17.9. The number of rotatable bonds is 7. The van der Waals surface area contributed by atoms with Crippen LogP contribution in [-0.4, -0.2) is 37.4 Å². The summed E-state index contributed by atoms with van der Waals surface area (Å²) in [6.07, 6.45) is 6.36. The zero-order valence-corrected chi connectivity index (χ0v) is 15.7. The first-order valence-corrected chi connectivity index (χ1v) is 9.49. The van der Waals surface area contributed by atoms with Crippen LogP contribution in [0.25, 0.3) is 10.8 Å². The SMILES string of the molecule is CCC(CN(C)C1CCCC1)C(=N)c1ccc2cc(OC)ccc2c1. The van der Waals surface area contributed by atoms with Crippen LogP contribution < -0.4 is 4.74 Å². The maximum absolute atomic E-state index is 8.75. The molecule has 2 aromatic rings. The average molecular weight is 338 g/mol. The highest BCUT2D eigenvalue weighted by Gasteiger charge is 2.23. The van der Waals surface area contributed by atoms with Gasteiger partial charge < -0.3 is 15.0 Å². The van der Waals surface area contributed by atoms with Gasteiger partial charge in [0, 0.05) is 24.2 Å². The van der Waals surface area contributed by atoms with E-state index >= 15 is 0 Å². The van der Waals surface area contributed by atoms with Crippen molar-refractivity contribution < 1.29 is 4.74 Å². The highest BCUT2D eigenvalue weighted by molar-refractivity contribution is 6.03. The molecule has 0 aliphatic heterocycles. The number of benzene rings is 2. The fourth-order valence-corrected chi connectivity index (χ4v) is 4.02. The molecule has 134 valence electrons. The van der Waals surface area contributed by atoms with Crippen LogP contribution in [0.15, 0.2) is 36.4 Å². The van der Waals surface area contributed by atoms with Crippen LogP contribution in [-0.2, 0) is 0 Å². The van der Waals surface area contributed by atoms with E-state index in [-0.39, 0.29) is 0 Å². The molecular weight excluding hydrogens is 308 g/mol. The van der Waals surface area contributed by atoms with Gasteiger partial charge in [0.15, 0.2) is 0 Å². The van der Waals surface area contributed by atoms with Gasteiger partial charge in [0.05, 0.1) is 7.11 Å². The maximum atomic E-state index is 8.75. The average Bonchev–Trinajstić information content (AvgIpc) is 3.19. The van der Waals surface area contributed by atoms with E-state index in [2.05, 4.69) is 43.1 Å². The molecule has 3 heteroatoms. The Kier molecular flexibility index (Phi) is 5.74. The van der Waals surface area contributed by atoms with E-state index < -0.39 is 0 Å². The Bertz CT molecular complexity index is 734. The third-order valence-corrected chi connectivity index (χ3v) is 5.72. The fraction of sp³-hybridized carbons (Fsp3) is 0.500. The molecule has 25 heavy (non-hydrogen) atoms. The molecule has 1 aliphatic rings. The van der Waals surface area contributed by atoms with Crippen molar-refractivity contribution in [3.05, 3.63) is 42.0 Å². The Morgan fingerprint density at radius 2 is 1.84 bits per heavy atom. The molecule has 0 spiro atoms. The monoisotopic (exact) mass is 338 g/mol. The zero-order valence-electron chi connectivity index (χ0n) is 15.7. The topological polar surface area (TPSA) is 36.3 Å². The van der Waals surface area contributed by atoms with Gasteiger partial charge in [0.2, 0.25) is 0 Å². The van der Waals surface area contributed by atoms with Crippen LogP contribution in [0.4, 0.5) is 0 Å². The number of hydrogen-bond acceptors (Lipinski definition) is 3. The molecule has 0 amide bonds. The molecule has 1 saturated carbocycles. The summed E-state index contributed by atoms with van der Waals surface area (Å²) < 4.78 is 5.30. The minimum absolute atomic E-state index is 0.293. The predicted octanol–water partition coefficient (Wildman–Crippen LogP) is 5.12. The standard InChI is InChI=1S/C22H30N2O/c1-4-16(15-24(2)20-7-5-6-8-20)22(23)19-10-9-18-14-21(25-3)12-11-17(18)13-19/h9-14,16,20,23H,4-8,15H2,1-3H3. The van der Waals surface area contributed by atoms with Gasteiger partial charge in [0.1, 0.15) is 5.75 Å². The lowest BCUT2D eigenvalue weighted by atomic mass is 9.92. The summed E-state index contributed by atoms with van der Waals surface area (Å²) in [4.78, 5) is 2.49. The lowest BCUT2D eigenvalue weighted by Crippen LogP contribution is -2.36. The Morgan fingerprint density at radius 1 is 1.16 bits per heavy atom. The van der Waals surface area contributed by atoms with E-state index in [1.165, 1.54) is 31.1 Å². The highest BCUT2D eigenvalue weighted by Crippen LogP contribution is 2.26. The molecule has 0 radical (unpaired) electrons. The number of ether oxygens (including phenoxy) is 1. The van der Waals surface area contributed by atoms with Crippen molar-refractivity contribution in [1.82, 2.24) is 4.90 Å².